The maximum Gasteiger partial charge on any atom is 0.329 e. The van der Waals surface area contributed by atoms with Crippen molar-refractivity contribution in [3.63, 3.8) is 0 Å². The number of ether oxygens (including phenoxy) is 2. The number of morpholine rings is 1. The minimum absolute atomic E-state index is 0.00208. The van der Waals surface area contributed by atoms with Crippen LogP contribution in [0.15, 0.2) is 47.7 Å². The number of anilines is 2. The maximum absolute atomic E-state index is 14.3. The summed E-state index contributed by atoms with van der Waals surface area (Å²) in [6.07, 6.45) is 10.6. The number of hydrogen-bond acceptors (Lipinski definition) is 11. The van der Waals surface area contributed by atoms with Crippen molar-refractivity contribution in [1.29, 1.82) is 0 Å². The molecule has 5 fully saturated rings. The van der Waals surface area contributed by atoms with Crippen molar-refractivity contribution in [3.05, 3.63) is 70.2 Å². The van der Waals surface area contributed by atoms with Crippen molar-refractivity contribution in [2.24, 2.45) is 13.0 Å². The van der Waals surface area contributed by atoms with Crippen molar-refractivity contribution in [2.45, 2.75) is 107 Å². The molecule has 5 aliphatic rings. The van der Waals surface area contributed by atoms with Crippen LogP contribution >= 0.6 is 0 Å². The molecular weight excluding hydrogens is 817 g/mol. The zero-order valence-corrected chi connectivity index (χ0v) is 35.3. The van der Waals surface area contributed by atoms with Gasteiger partial charge in [0.1, 0.15) is 17.4 Å². The Kier molecular flexibility index (Phi) is 11.3. The quantitative estimate of drug-likeness (QED) is 0.125. The molecule has 2 N–H and O–H groups in total. The van der Waals surface area contributed by atoms with Gasteiger partial charge in [0.15, 0.2) is 11.3 Å². The van der Waals surface area contributed by atoms with E-state index in [0.29, 0.717) is 36.7 Å². The number of imidazole rings is 1. The number of nitrogens with one attached hydrogen (secondary N) is 2. The lowest BCUT2D eigenvalue weighted by atomic mass is 9.85. The third kappa shape index (κ3) is 8.14. The normalized spacial score (nSPS) is 24.6. The third-order valence-electron chi connectivity index (χ3n) is 13.9. The fourth-order valence-electron chi connectivity index (χ4n) is 10.6. The van der Waals surface area contributed by atoms with Gasteiger partial charge in [-0.05, 0) is 87.8 Å². The van der Waals surface area contributed by atoms with E-state index in [4.69, 9.17) is 14.5 Å². The molecule has 1 aromatic carbocycles. The number of hydrogen-bond donors (Lipinski definition) is 2. The van der Waals surface area contributed by atoms with Gasteiger partial charge in [-0.15, -0.1) is 0 Å². The van der Waals surface area contributed by atoms with Gasteiger partial charge in [0.2, 0.25) is 11.8 Å². The zero-order valence-electron chi connectivity index (χ0n) is 35.3. The summed E-state index contributed by atoms with van der Waals surface area (Å²) in [4.78, 5) is 60.6. The largest absolute Gasteiger partial charge is 0.378 e. The van der Waals surface area contributed by atoms with Crippen molar-refractivity contribution in [3.8, 4) is 0 Å². The summed E-state index contributed by atoms with van der Waals surface area (Å²) in [5, 5.41) is 13.6. The van der Waals surface area contributed by atoms with Crippen LogP contribution in [0.1, 0.15) is 104 Å². The maximum atomic E-state index is 14.3. The number of halogens is 2. The highest BCUT2D eigenvalue weighted by Gasteiger charge is 2.40. The van der Waals surface area contributed by atoms with Crippen LogP contribution in [0, 0.1) is 5.92 Å². The number of amides is 3. The molecule has 3 atom stereocenters. The van der Waals surface area contributed by atoms with E-state index in [1.54, 1.807) is 28.7 Å². The number of aryl methyl sites for hydroxylation is 2. The Morgan fingerprint density at radius 1 is 1.05 bits per heavy atom. The van der Waals surface area contributed by atoms with E-state index < -0.39 is 30.0 Å². The van der Waals surface area contributed by atoms with Crippen LogP contribution in [-0.4, -0.2) is 114 Å². The molecule has 8 heterocycles. The number of carbonyl (C=O) groups excluding carboxylic acids is 3. The van der Waals surface area contributed by atoms with Crippen LogP contribution in [0.3, 0.4) is 0 Å². The Balaban J connectivity index is 0.682. The average molecular weight is 870 g/mol. The fourth-order valence-corrected chi connectivity index (χ4v) is 10.6. The Labute approximate surface area is 361 Å². The summed E-state index contributed by atoms with van der Waals surface area (Å²) in [5.41, 5.74) is 2.36. The van der Waals surface area contributed by atoms with Gasteiger partial charge in [-0.2, -0.15) is 10.2 Å². The molecule has 10 rings (SSSR count). The highest BCUT2D eigenvalue weighted by Crippen LogP contribution is 2.36. The number of likely N-dealkylation sites (tertiary alicyclic amines) is 1. The number of alkyl halides is 2. The first kappa shape index (κ1) is 41.5. The van der Waals surface area contributed by atoms with Crippen LogP contribution < -0.4 is 21.2 Å². The number of imide groups is 1. The molecule has 17 nitrogen and oxygen atoms in total. The fraction of sp³-hybridized carbons (Fsp3) is 0.568. The Morgan fingerprint density at radius 3 is 2.62 bits per heavy atom. The molecule has 4 aromatic heterocycles. The number of piperidine rings is 2. The highest BCUT2D eigenvalue weighted by molar-refractivity contribution is 6.08. The summed E-state index contributed by atoms with van der Waals surface area (Å²) in [6, 6.07) is 7.14. The number of rotatable bonds is 13. The minimum Gasteiger partial charge on any atom is -0.378 e. The van der Waals surface area contributed by atoms with E-state index in [1.807, 2.05) is 24.3 Å². The summed E-state index contributed by atoms with van der Waals surface area (Å²) >= 11 is 0. The second kappa shape index (κ2) is 17.2. The molecule has 3 amide bonds. The van der Waals surface area contributed by atoms with Crippen molar-refractivity contribution >= 4 is 45.9 Å². The minimum atomic E-state index is -2.86. The standard InChI is InChI=1S/C44H53F2N11O6/c1-52-39-27(4-2-6-34(39)57(44(52)61)35-11-12-37(58)50-43(35)60)5-3-19-62-30-13-16-53(17-14-30)22-26-7-9-28(10-8-26)56-24-33(38(51-56)40(45)46)48-42(59)32-21-47-55-18-15-36(49-41(32)55)54-23-31-20-29(54)25-63-31/h2,4,6,15,18,21,24,26,28-31,35,40H,3,5,7-14,16-17,19-20,22-23,25H2,1H3,(H,48,59)(H,50,58,60)/t26?,28?,29-,31-,35?/m0/s1. The highest BCUT2D eigenvalue weighted by atomic mass is 19.3. The smallest absolute Gasteiger partial charge is 0.329 e. The molecule has 63 heavy (non-hydrogen) atoms. The van der Waals surface area contributed by atoms with Crippen LogP contribution in [0.25, 0.3) is 16.7 Å². The second-order valence-corrected chi connectivity index (χ2v) is 17.9. The van der Waals surface area contributed by atoms with Gasteiger partial charge in [-0.1, -0.05) is 12.1 Å². The molecule has 334 valence electrons. The van der Waals surface area contributed by atoms with Gasteiger partial charge in [-0.3, -0.25) is 33.5 Å². The first-order valence-electron chi connectivity index (χ1n) is 22.4. The molecule has 1 unspecified atom stereocenters. The van der Waals surface area contributed by atoms with E-state index in [9.17, 15) is 28.0 Å². The lowest BCUT2D eigenvalue weighted by molar-refractivity contribution is -0.135. The SMILES string of the molecule is Cn1c(=O)n(C2CCC(=O)NC2=O)c2cccc(CCCOC3CCN(CC4CCC(n5cc(NC(=O)c6cnn7ccc(N8C[C@@H]9C[C@H]8CO9)nc67)c(C(F)F)n5)CC4)CC3)c21. The van der Waals surface area contributed by atoms with Crippen LogP contribution in [0.4, 0.5) is 20.3 Å². The van der Waals surface area contributed by atoms with Gasteiger partial charge < -0.3 is 24.6 Å². The number of para-hydroxylation sites is 1. The molecule has 19 heteroatoms. The monoisotopic (exact) mass is 869 g/mol. The van der Waals surface area contributed by atoms with Gasteiger partial charge >= 0.3 is 5.69 Å². The number of benzene rings is 1. The van der Waals surface area contributed by atoms with Gasteiger partial charge in [0.25, 0.3) is 12.3 Å². The average Bonchev–Trinajstić information content (AvgIpc) is 4.13. The van der Waals surface area contributed by atoms with Crippen LogP contribution in [-0.2, 0) is 32.5 Å². The number of carbonyl (C=O) groups is 3. The molecule has 1 saturated carbocycles. The second-order valence-electron chi connectivity index (χ2n) is 17.9. The molecule has 2 bridgehead atoms. The summed E-state index contributed by atoms with van der Waals surface area (Å²) < 4.78 is 46.9. The van der Waals surface area contributed by atoms with Gasteiger partial charge in [0, 0.05) is 58.6 Å². The van der Waals surface area contributed by atoms with Gasteiger partial charge in [-0.25, -0.2) is 23.1 Å². The molecule has 5 aromatic rings. The van der Waals surface area contributed by atoms with E-state index in [0.717, 1.165) is 101 Å². The van der Waals surface area contributed by atoms with Gasteiger partial charge in [0.05, 0.1) is 53.8 Å². The number of fused-ring (bicyclic) bond motifs is 4. The molecule has 1 aliphatic carbocycles. The Bertz CT molecular complexity index is 2590. The molecule has 4 saturated heterocycles. The molecule has 4 aliphatic heterocycles. The topological polar surface area (TPSA) is 175 Å². The lowest BCUT2D eigenvalue weighted by Gasteiger charge is -2.36. The number of nitrogens with zero attached hydrogens (tertiary/aromatic N) is 9. The predicted molar refractivity (Wildman–Crippen MR) is 227 cm³/mol. The van der Waals surface area contributed by atoms with Crippen molar-refractivity contribution in [2.75, 3.05) is 49.6 Å². The Morgan fingerprint density at radius 2 is 1.87 bits per heavy atom. The van der Waals surface area contributed by atoms with Crippen LogP contribution in [0.2, 0.25) is 0 Å². The zero-order chi connectivity index (χ0) is 43.4. The van der Waals surface area contributed by atoms with Crippen molar-refractivity contribution in [1.82, 2.24) is 43.7 Å². The Hall–Kier alpha value is -5.53. The van der Waals surface area contributed by atoms with Crippen LogP contribution in [0.5, 0.6) is 0 Å². The van der Waals surface area contributed by atoms with Crippen molar-refractivity contribution < 1.29 is 32.6 Å². The summed E-state index contributed by atoms with van der Waals surface area (Å²) in [5.74, 6) is -0.0844. The molecule has 0 spiro atoms. The van der Waals surface area contributed by atoms with E-state index >= 15 is 0 Å². The summed E-state index contributed by atoms with van der Waals surface area (Å²) in [6.45, 7) is 4.89. The first-order valence-corrected chi connectivity index (χ1v) is 22.4. The predicted octanol–water partition coefficient (Wildman–Crippen LogP) is 4.57. The molecular formula is C44H53F2N11O6. The third-order valence-corrected chi connectivity index (χ3v) is 13.9. The van der Waals surface area contributed by atoms with E-state index in [-0.39, 0.29) is 53.6 Å². The first-order chi connectivity index (χ1) is 30.6. The molecule has 0 radical (unpaired) electrons. The van der Waals surface area contributed by atoms with E-state index in [1.165, 1.54) is 15.3 Å². The van der Waals surface area contributed by atoms with E-state index in [2.05, 4.69) is 30.6 Å². The number of aromatic nitrogens is 7. The lowest BCUT2D eigenvalue weighted by Crippen LogP contribution is -2.44. The summed E-state index contributed by atoms with van der Waals surface area (Å²) in [7, 11) is 1.72.